The SMILES string of the molecule is COC(=O)C(C(O)c1nnn(-c2ccccc2F)c1N)C(C)(C)C. The zero-order valence-electron chi connectivity index (χ0n) is 14.0. The molecule has 7 nitrogen and oxygen atoms in total. The molecule has 0 amide bonds. The lowest BCUT2D eigenvalue weighted by Gasteiger charge is -2.31. The lowest BCUT2D eigenvalue weighted by atomic mass is 9.76. The van der Waals surface area contributed by atoms with Crippen molar-refractivity contribution < 1.29 is 19.0 Å². The Kier molecular flexibility index (Phi) is 4.88. The van der Waals surface area contributed by atoms with E-state index in [1.54, 1.807) is 26.8 Å². The van der Waals surface area contributed by atoms with Gasteiger partial charge in [0.25, 0.3) is 0 Å². The molecule has 24 heavy (non-hydrogen) atoms. The number of aliphatic hydroxyl groups is 1. The lowest BCUT2D eigenvalue weighted by Crippen LogP contribution is -2.35. The molecule has 0 saturated heterocycles. The normalized spacial score (nSPS) is 14.2. The summed E-state index contributed by atoms with van der Waals surface area (Å²) in [5.74, 6) is -2.06. The van der Waals surface area contributed by atoms with E-state index in [-0.39, 0.29) is 17.2 Å². The van der Waals surface area contributed by atoms with Crippen LogP contribution in [-0.4, -0.2) is 33.2 Å². The fraction of sp³-hybridized carbons (Fsp3) is 0.438. The number of halogens is 1. The number of rotatable bonds is 4. The molecule has 0 bridgehead atoms. The number of aliphatic hydroxyl groups excluding tert-OH is 1. The number of carbonyl (C=O) groups excluding carboxylic acids is 1. The number of benzene rings is 1. The Morgan fingerprint density at radius 2 is 2.00 bits per heavy atom. The Balaban J connectivity index is 2.46. The van der Waals surface area contributed by atoms with Crippen molar-refractivity contribution in [3.05, 3.63) is 35.8 Å². The summed E-state index contributed by atoms with van der Waals surface area (Å²) < 4.78 is 19.8. The van der Waals surface area contributed by atoms with Crippen LogP contribution in [0.25, 0.3) is 5.69 Å². The second-order valence-electron chi connectivity index (χ2n) is 6.53. The van der Waals surface area contributed by atoms with Gasteiger partial charge in [0.05, 0.1) is 13.0 Å². The molecule has 0 aliphatic rings. The first kappa shape index (κ1) is 17.9. The Labute approximate surface area is 139 Å². The van der Waals surface area contributed by atoms with Gasteiger partial charge >= 0.3 is 5.97 Å². The minimum absolute atomic E-state index is 0.00331. The lowest BCUT2D eigenvalue weighted by molar-refractivity contribution is -0.155. The van der Waals surface area contributed by atoms with Crippen LogP contribution in [0.2, 0.25) is 0 Å². The van der Waals surface area contributed by atoms with Crippen LogP contribution in [0.1, 0.15) is 32.6 Å². The van der Waals surface area contributed by atoms with Crippen LogP contribution in [-0.2, 0) is 9.53 Å². The molecule has 2 unspecified atom stereocenters. The van der Waals surface area contributed by atoms with Crippen molar-refractivity contribution in [2.24, 2.45) is 11.3 Å². The Morgan fingerprint density at radius 1 is 1.38 bits per heavy atom. The van der Waals surface area contributed by atoms with Gasteiger partial charge in [-0.1, -0.05) is 38.1 Å². The average molecular weight is 336 g/mol. The summed E-state index contributed by atoms with van der Waals surface area (Å²) >= 11 is 0. The second kappa shape index (κ2) is 6.56. The number of para-hydroxylation sites is 1. The van der Waals surface area contributed by atoms with Crippen LogP contribution in [0.3, 0.4) is 0 Å². The maximum atomic E-state index is 13.9. The molecule has 1 aromatic heterocycles. The number of hydrogen-bond donors (Lipinski definition) is 2. The molecule has 0 radical (unpaired) electrons. The van der Waals surface area contributed by atoms with Gasteiger partial charge < -0.3 is 15.6 Å². The molecule has 1 aromatic carbocycles. The highest BCUT2D eigenvalue weighted by Gasteiger charge is 2.41. The van der Waals surface area contributed by atoms with Crippen molar-refractivity contribution in [1.82, 2.24) is 15.0 Å². The van der Waals surface area contributed by atoms with E-state index in [1.165, 1.54) is 25.3 Å². The van der Waals surface area contributed by atoms with Crippen LogP contribution < -0.4 is 5.73 Å². The fourth-order valence-electron chi connectivity index (χ4n) is 2.55. The Morgan fingerprint density at radius 3 is 2.54 bits per heavy atom. The third-order valence-electron chi connectivity index (χ3n) is 3.80. The van der Waals surface area contributed by atoms with Gasteiger partial charge in [0.15, 0.2) is 5.82 Å². The zero-order chi connectivity index (χ0) is 18.1. The summed E-state index contributed by atoms with van der Waals surface area (Å²) in [6.07, 6.45) is -1.34. The van der Waals surface area contributed by atoms with Crippen molar-refractivity contribution in [1.29, 1.82) is 0 Å². The summed E-state index contributed by atoms with van der Waals surface area (Å²) in [6, 6.07) is 5.91. The third kappa shape index (κ3) is 3.23. The molecule has 2 atom stereocenters. The standard InChI is InChI=1S/C16H21FN4O3/c1-16(2,3)11(15(23)24-4)13(22)12-14(18)21(20-19-12)10-8-6-5-7-9(10)17/h5-8,11,13,22H,18H2,1-4H3. The van der Waals surface area contributed by atoms with E-state index in [2.05, 4.69) is 10.3 Å². The molecule has 0 aliphatic carbocycles. The van der Waals surface area contributed by atoms with Crippen LogP contribution in [0.15, 0.2) is 24.3 Å². The minimum Gasteiger partial charge on any atom is -0.469 e. The second-order valence-corrected chi connectivity index (χ2v) is 6.53. The summed E-state index contributed by atoms with van der Waals surface area (Å²) in [6.45, 7) is 5.36. The number of carbonyl (C=O) groups is 1. The molecule has 8 heteroatoms. The molecule has 0 aliphatic heterocycles. The summed E-state index contributed by atoms with van der Waals surface area (Å²) in [4.78, 5) is 12.1. The molecule has 3 N–H and O–H groups in total. The van der Waals surface area contributed by atoms with Crippen molar-refractivity contribution in [2.75, 3.05) is 12.8 Å². The predicted octanol–water partition coefficient (Wildman–Crippen LogP) is 1.86. The van der Waals surface area contributed by atoms with Crippen LogP contribution in [0.4, 0.5) is 10.2 Å². The molecule has 1 heterocycles. The highest BCUT2D eigenvalue weighted by atomic mass is 19.1. The smallest absolute Gasteiger partial charge is 0.312 e. The number of hydrogen-bond acceptors (Lipinski definition) is 6. The summed E-state index contributed by atoms with van der Waals surface area (Å²) in [5.41, 5.74) is 5.48. The number of nitrogens with zero attached hydrogens (tertiary/aromatic N) is 3. The van der Waals surface area contributed by atoms with E-state index >= 15 is 0 Å². The van der Waals surface area contributed by atoms with Gasteiger partial charge in [-0.3, -0.25) is 4.79 Å². The van der Waals surface area contributed by atoms with Crippen LogP contribution in [0.5, 0.6) is 0 Å². The number of methoxy groups -OCH3 is 1. The predicted molar refractivity (Wildman–Crippen MR) is 85.7 cm³/mol. The Bertz CT molecular complexity index is 739. The van der Waals surface area contributed by atoms with Crippen molar-refractivity contribution in [2.45, 2.75) is 26.9 Å². The average Bonchev–Trinajstić information content (AvgIpc) is 2.87. The topological polar surface area (TPSA) is 103 Å². The highest BCUT2D eigenvalue weighted by Crippen LogP contribution is 2.38. The maximum Gasteiger partial charge on any atom is 0.312 e. The Hall–Kier alpha value is -2.48. The molecule has 0 spiro atoms. The first-order valence-corrected chi connectivity index (χ1v) is 7.40. The van der Waals surface area contributed by atoms with Gasteiger partial charge in [-0.25, -0.2) is 4.39 Å². The molecule has 130 valence electrons. The van der Waals surface area contributed by atoms with Crippen LogP contribution in [0, 0.1) is 17.2 Å². The first-order chi connectivity index (χ1) is 11.2. The largest absolute Gasteiger partial charge is 0.469 e. The fourth-order valence-corrected chi connectivity index (χ4v) is 2.55. The van der Waals surface area contributed by atoms with E-state index < -0.39 is 29.2 Å². The van der Waals surface area contributed by atoms with Crippen molar-refractivity contribution in [3.63, 3.8) is 0 Å². The molecule has 2 aromatic rings. The zero-order valence-corrected chi connectivity index (χ0v) is 14.0. The number of aromatic nitrogens is 3. The number of anilines is 1. The van der Waals surface area contributed by atoms with E-state index in [1.807, 2.05) is 0 Å². The van der Waals surface area contributed by atoms with Crippen molar-refractivity contribution in [3.8, 4) is 5.69 Å². The number of nitrogens with two attached hydrogens (primary N) is 1. The molecular weight excluding hydrogens is 315 g/mol. The maximum absolute atomic E-state index is 13.9. The van der Waals surface area contributed by atoms with Gasteiger partial charge in [-0.2, -0.15) is 4.68 Å². The molecule has 0 fully saturated rings. The van der Waals surface area contributed by atoms with Gasteiger partial charge in [0, 0.05) is 0 Å². The van der Waals surface area contributed by atoms with Crippen LogP contribution >= 0.6 is 0 Å². The van der Waals surface area contributed by atoms with E-state index in [0.717, 1.165) is 4.68 Å². The first-order valence-electron chi connectivity index (χ1n) is 7.40. The van der Waals surface area contributed by atoms with Gasteiger partial charge in [0.1, 0.15) is 23.3 Å². The van der Waals surface area contributed by atoms with Gasteiger partial charge in [-0.15, -0.1) is 5.10 Å². The monoisotopic (exact) mass is 336 g/mol. The number of ether oxygens (including phenoxy) is 1. The van der Waals surface area contributed by atoms with E-state index in [4.69, 9.17) is 10.5 Å². The quantitative estimate of drug-likeness (QED) is 0.826. The summed E-state index contributed by atoms with van der Waals surface area (Å²) in [7, 11) is 1.24. The number of esters is 1. The van der Waals surface area contributed by atoms with Gasteiger partial charge in [-0.05, 0) is 17.5 Å². The molecule has 2 rings (SSSR count). The summed E-state index contributed by atoms with van der Waals surface area (Å²) in [5, 5.41) is 18.3. The minimum atomic E-state index is -1.34. The highest BCUT2D eigenvalue weighted by molar-refractivity contribution is 5.74. The van der Waals surface area contributed by atoms with E-state index in [9.17, 15) is 14.3 Å². The third-order valence-corrected chi connectivity index (χ3v) is 3.80. The molecular formula is C16H21FN4O3. The molecule has 0 saturated carbocycles. The van der Waals surface area contributed by atoms with Gasteiger partial charge in [0.2, 0.25) is 0 Å². The van der Waals surface area contributed by atoms with E-state index in [0.29, 0.717) is 0 Å². The number of nitrogen functional groups attached to an aromatic ring is 1. The van der Waals surface area contributed by atoms with Crippen molar-refractivity contribution >= 4 is 11.8 Å².